The smallest absolute Gasteiger partial charge is 0.225 e. The molecule has 1 aromatic carbocycles. The molecular weight excluding hydrogens is 244 g/mol. The number of rotatable bonds is 8. The van der Waals surface area contributed by atoms with Crippen LogP contribution in [0.3, 0.4) is 0 Å². The van der Waals surface area contributed by atoms with Crippen molar-refractivity contribution in [2.45, 2.75) is 12.8 Å². The lowest BCUT2D eigenvalue weighted by atomic mass is 10.3. The number of carbonyl (C=O) groups excluding carboxylic acids is 1. The molecule has 2 N–H and O–H groups in total. The van der Waals surface area contributed by atoms with Crippen LogP contribution in [0.2, 0.25) is 0 Å². The molecule has 0 aliphatic heterocycles. The second-order valence-electron chi connectivity index (χ2n) is 4.33. The van der Waals surface area contributed by atoms with Gasteiger partial charge in [-0.1, -0.05) is 6.07 Å². The fraction of sp³-hybridized carbons (Fsp3) is 0.500. The van der Waals surface area contributed by atoms with E-state index in [1.807, 2.05) is 12.1 Å². The number of nitrogens with two attached hydrogens (primary N) is 1. The minimum Gasteiger partial charge on any atom is -0.493 e. The quantitative estimate of drug-likeness (QED) is 0.572. The van der Waals surface area contributed by atoms with Crippen LogP contribution in [0, 0.1) is 0 Å². The standard InChI is InChI=1S/C14H22N2O3/c1-16(8-4-9-18-2)14(17)7-10-19-13-6-3-5-12(15)11-13/h3,5-6,11H,4,7-10,15H2,1-2H3. The maximum Gasteiger partial charge on any atom is 0.225 e. The largest absolute Gasteiger partial charge is 0.493 e. The predicted octanol–water partition coefficient (Wildman–Crippen LogP) is 1.53. The molecule has 0 saturated heterocycles. The van der Waals surface area contributed by atoms with E-state index in [-0.39, 0.29) is 5.91 Å². The van der Waals surface area contributed by atoms with Gasteiger partial charge in [-0.3, -0.25) is 4.79 Å². The highest BCUT2D eigenvalue weighted by molar-refractivity contribution is 5.75. The first kappa shape index (κ1) is 15.3. The van der Waals surface area contributed by atoms with Crippen molar-refractivity contribution in [3.8, 4) is 5.75 Å². The van der Waals surface area contributed by atoms with Crippen molar-refractivity contribution in [3.05, 3.63) is 24.3 Å². The molecule has 0 bridgehead atoms. The lowest BCUT2D eigenvalue weighted by molar-refractivity contribution is -0.130. The molecule has 19 heavy (non-hydrogen) atoms. The summed E-state index contributed by atoms with van der Waals surface area (Å²) in [5, 5.41) is 0. The Morgan fingerprint density at radius 1 is 1.37 bits per heavy atom. The predicted molar refractivity (Wildman–Crippen MR) is 75.1 cm³/mol. The van der Waals surface area contributed by atoms with Crippen molar-refractivity contribution in [1.82, 2.24) is 4.90 Å². The van der Waals surface area contributed by atoms with Gasteiger partial charge in [0.25, 0.3) is 0 Å². The average Bonchev–Trinajstić information content (AvgIpc) is 2.39. The summed E-state index contributed by atoms with van der Waals surface area (Å²) in [6.07, 6.45) is 1.20. The van der Waals surface area contributed by atoms with Gasteiger partial charge in [0.05, 0.1) is 13.0 Å². The Labute approximate surface area is 114 Å². The van der Waals surface area contributed by atoms with Crippen LogP contribution in [0.1, 0.15) is 12.8 Å². The number of methoxy groups -OCH3 is 1. The van der Waals surface area contributed by atoms with Gasteiger partial charge in [-0.05, 0) is 18.6 Å². The third-order valence-corrected chi connectivity index (χ3v) is 2.71. The van der Waals surface area contributed by atoms with E-state index in [1.54, 1.807) is 31.2 Å². The molecule has 0 unspecified atom stereocenters. The second kappa shape index (κ2) is 8.37. The minimum absolute atomic E-state index is 0.0695. The topological polar surface area (TPSA) is 64.8 Å². The first-order valence-corrected chi connectivity index (χ1v) is 6.34. The highest BCUT2D eigenvalue weighted by Gasteiger charge is 2.08. The monoisotopic (exact) mass is 266 g/mol. The number of benzene rings is 1. The van der Waals surface area contributed by atoms with Crippen LogP contribution >= 0.6 is 0 Å². The van der Waals surface area contributed by atoms with Crippen molar-refractivity contribution in [2.75, 3.05) is 39.6 Å². The summed E-state index contributed by atoms with van der Waals surface area (Å²) in [7, 11) is 3.44. The Kier molecular flexibility index (Phi) is 6.74. The van der Waals surface area contributed by atoms with E-state index >= 15 is 0 Å². The number of ether oxygens (including phenoxy) is 2. The number of hydrogen-bond acceptors (Lipinski definition) is 4. The average molecular weight is 266 g/mol. The molecule has 5 nitrogen and oxygen atoms in total. The fourth-order valence-corrected chi connectivity index (χ4v) is 1.62. The molecule has 0 aromatic heterocycles. The molecule has 106 valence electrons. The summed E-state index contributed by atoms with van der Waals surface area (Å²) in [6.45, 7) is 1.72. The SMILES string of the molecule is COCCCN(C)C(=O)CCOc1cccc(N)c1. The van der Waals surface area contributed by atoms with E-state index in [0.29, 0.717) is 37.6 Å². The van der Waals surface area contributed by atoms with E-state index < -0.39 is 0 Å². The molecule has 0 spiro atoms. The Balaban J connectivity index is 2.23. The van der Waals surface area contributed by atoms with Gasteiger partial charge in [0, 0.05) is 39.1 Å². The van der Waals surface area contributed by atoms with Gasteiger partial charge in [0.15, 0.2) is 0 Å². The van der Waals surface area contributed by atoms with E-state index in [2.05, 4.69) is 0 Å². The molecule has 0 aliphatic carbocycles. The number of amides is 1. The zero-order chi connectivity index (χ0) is 14.1. The molecule has 0 aliphatic rings. The fourth-order valence-electron chi connectivity index (χ4n) is 1.62. The molecule has 0 atom stereocenters. The lowest BCUT2D eigenvalue weighted by Crippen LogP contribution is -2.29. The summed E-state index contributed by atoms with van der Waals surface area (Å²) >= 11 is 0. The van der Waals surface area contributed by atoms with Gasteiger partial charge in [0.2, 0.25) is 5.91 Å². The third kappa shape index (κ3) is 6.10. The first-order chi connectivity index (χ1) is 9.13. The van der Waals surface area contributed by atoms with Crippen LogP contribution in [0.15, 0.2) is 24.3 Å². The Morgan fingerprint density at radius 3 is 2.84 bits per heavy atom. The summed E-state index contributed by atoms with van der Waals surface area (Å²) < 4.78 is 10.4. The molecule has 1 amide bonds. The van der Waals surface area contributed by atoms with E-state index in [9.17, 15) is 4.79 Å². The maximum absolute atomic E-state index is 11.8. The van der Waals surface area contributed by atoms with Gasteiger partial charge < -0.3 is 20.1 Å². The van der Waals surface area contributed by atoms with E-state index in [1.165, 1.54) is 0 Å². The highest BCUT2D eigenvalue weighted by atomic mass is 16.5. The second-order valence-corrected chi connectivity index (χ2v) is 4.33. The molecule has 1 aromatic rings. The van der Waals surface area contributed by atoms with Crippen molar-refractivity contribution < 1.29 is 14.3 Å². The molecule has 0 radical (unpaired) electrons. The lowest BCUT2D eigenvalue weighted by Gasteiger charge is -2.17. The molecule has 0 saturated carbocycles. The minimum atomic E-state index is 0.0695. The zero-order valence-corrected chi connectivity index (χ0v) is 11.6. The molecule has 5 heteroatoms. The van der Waals surface area contributed by atoms with Crippen molar-refractivity contribution in [2.24, 2.45) is 0 Å². The Morgan fingerprint density at radius 2 is 2.16 bits per heavy atom. The van der Waals surface area contributed by atoms with Crippen molar-refractivity contribution in [3.63, 3.8) is 0 Å². The highest BCUT2D eigenvalue weighted by Crippen LogP contribution is 2.14. The maximum atomic E-state index is 11.8. The summed E-state index contributed by atoms with van der Waals surface area (Å²) in [5.41, 5.74) is 6.29. The molecule has 1 rings (SSSR count). The van der Waals surface area contributed by atoms with Crippen molar-refractivity contribution in [1.29, 1.82) is 0 Å². The van der Waals surface area contributed by atoms with Gasteiger partial charge >= 0.3 is 0 Å². The van der Waals surface area contributed by atoms with E-state index in [4.69, 9.17) is 15.2 Å². The van der Waals surface area contributed by atoms with Gasteiger partial charge in [0.1, 0.15) is 5.75 Å². The van der Waals surface area contributed by atoms with Crippen LogP contribution in [-0.2, 0) is 9.53 Å². The zero-order valence-electron chi connectivity index (χ0n) is 11.6. The molecule has 0 fully saturated rings. The summed E-state index contributed by atoms with van der Waals surface area (Å²) in [5.74, 6) is 0.759. The van der Waals surface area contributed by atoms with Crippen LogP contribution in [0.5, 0.6) is 5.75 Å². The Bertz CT molecular complexity index is 396. The molecule has 0 heterocycles. The van der Waals surface area contributed by atoms with Gasteiger partial charge in [-0.2, -0.15) is 0 Å². The number of nitrogen functional groups attached to an aromatic ring is 1. The first-order valence-electron chi connectivity index (χ1n) is 6.34. The van der Waals surface area contributed by atoms with Crippen LogP contribution in [0.4, 0.5) is 5.69 Å². The van der Waals surface area contributed by atoms with Crippen LogP contribution in [-0.4, -0.2) is 44.7 Å². The third-order valence-electron chi connectivity index (χ3n) is 2.71. The number of anilines is 1. The summed E-state index contributed by atoms with van der Waals surface area (Å²) in [6, 6.07) is 7.18. The van der Waals surface area contributed by atoms with Crippen molar-refractivity contribution >= 4 is 11.6 Å². The summed E-state index contributed by atoms with van der Waals surface area (Å²) in [4.78, 5) is 13.5. The number of carbonyl (C=O) groups is 1. The van der Waals surface area contributed by atoms with Gasteiger partial charge in [-0.25, -0.2) is 0 Å². The number of nitrogens with zero attached hydrogens (tertiary/aromatic N) is 1. The van der Waals surface area contributed by atoms with E-state index in [0.717, 1.165) is 6.42 Å². The molecular formula is C14H22N2O3. The van der Waals surface area contributed by atoms with Crippen LogP contribution in [0.25, 0.3) is 0 Å². The van der Waals surface area contributed by atoms with Crippen LogP contribution < -0.4 is 10.5 Å². The van der Waals surface area contributed by atoms with Gasteiger partial charge in [-0.15, -0.1) is 0 Å². The number of hydrogen-bond donors (Lipinski definition) is 1. The normalized spacial score (nSPS) is 10.2. The Hall–Kier alpha value is -1.75.